The Kier molecular flexibility index (Phi) is 4.59. The molecular formula is C16H14F3N3O2S. The first-order chi connectivity index (χ1) is 11.8. The van der Waals surface area contributed by atoms with Crippen LogP contribution in [0.2, 0.25) is 0 Å². The third-order valence-corrected chi connectivity index (χ3v) is 4.93. The van der Waals surface area contributed by atoms with E-state index in [9.17, 15) is 22.8 Å². The van der Waals surface area contributed by atoms with E-state index < -0.39 is 11.7 Å². The van der Waals surface area contributed by atoms with Crippen molar-refractivity contribution in [3.8, 4) is 0 Å². The van der Waals surface area contributed by atoms with E-state index >= 15 is 0 Å². The molecule has 1 aliphatic heterocycles. The molecule has 2 heterocycles. The molecule has 0 saturated heterocycles. The smallest absolute Gasteiger partial charge is 0.326 e. The maximum Gasteiger partial charge on any atom is 0.416 e. The van der Waals surface area contributed by atoms with Gasteiger partial charge in [0.15, 0.2) is 5.16 Å². The van der Waals surface area contributed by atoms with Gasteiger partial charge in [0.1, 0.15) is 0 Å². The lowest BCUT2D eigenvalue weighted by Crippen LogP contribution is -2.28. The standard InChI is InChI=1S/C16H14F3N3O2S/c1-9-7-20-15-22(14(9)24)12(8-25-15)6-13(23)21-11-4-2-10(3-5-11)16(17,18)19/h2-5,7,12H,6,8H2,1H3,(H,21,23). The highest BCUT2D eigenvalue weighted by molar-refractivity contribution is 7.99. The predicted molar refractivity (Wildman–Crippen MR) is 87.7 cm³/mol. The quantitative estimate of drug-likeness (QED) is 0.844. The topological polar surface area (TPSA) is 64.0 Å². The highest BCUT2D eigenvalue weighted by atomic mass is 32.2. The van der Waals surface area contributed by atoms with Gasteiger partial charge in [-0.3, -0.25) is 14.2 Å². The molecule has 25 heavy (non-hydrogen) atoms. The Bertz CT molecular complexity index is 862. The number of amides is 1. The molecule has 1 aliphatic rings. The Hall–Kier alpha value is -2.29. The van der Waals surface area contributed by atoms with Crippen LogP contribution >= 0.6 is 11.8 Å². The molecule has 0 spiro atoms. The summed E-state index contributed by atoms with van der Waals surface area (Å²) in [5.41, 5.74) is -0.181. The van der Waals surface area contributed by atoms with Crippen molar-refractivity contribution in [1.82, 2.24) is 9.55 Å². The molecule has 1 aromatic carbocycles. The summed E-state index contributed by atoms with van der Waals surface area (Å²) in [6.45, 7) is 1.66. The first-order valence-corrected chi connectivity index (χ1v) is 8.42. The van der Waals surface area contributed by atoms with Crippen LogP contribution in [0.5, 0.6) is 0 Å². The van der Waals surface area contributed by atoms with Crippen LogP contribution < -0.4 is 10.9 Å². The summed E-state index contributed by atoms with van der Waals surface area (Å²) < 4.78 is 39.1. The van der Waals surface area contributed by atoms with Crippen LogP contribution in [0.25, 0.3) is 0 Å². The monoisotopic (exact) mass is 369 g/mol. The van der Waals surface area contributed by atoms with Gasteiger partial charge in [-0.15, -0.1) is 0 Å². The number of anilines is 1. The number of hydrogen-bond donors (Lipinski definition) is 1. The average molecular weight is 369 g/mol. The largest absolute Gasteiger partial charge is 0.416 e. The van der Waals surface area contributed by atoms with Crippen LogP contribution in [0.3, 0.4) is 0 Å². The van der Waals surface area contributed by atoms with E-state index in [4.69, 9.17) is 0 Å². The van der Waals surface area contributed by atoms with Gasteiger partial charge in [0.2, 0.25) is 5.91 Å². The van der Waals surface area contributed by atoms with Gasteiger partial charge in [0.05, 0.1) is 11.6 Å². The van der Waals surface area contributed by atoms with Crippen LogP contribution in [0.1, 0.15) is 23.6 Å². The second-order valence-corrected chi connectivity index (χ2v) is 6.68. The summed E-state index contributed by atoms with van der Waals surface area (Å²) >= 11 is 1.40. The number of fused-ring (bicyclic) bond motifs is 1. The molecule has 1 amide bonds. The maximum absolute atomic E-state index is 12.5. The number of aryl methyl sites for hydroxylation is 1. The second-order valence-electron chi connectivity index (χ2n) is 5.69. The van der Waals surface area contributed by atoms with E-state index in [1.54, 1.807) is 6.92 Å². The SMILES string of the molecule is Cc1cnc2n(c1=O)C(CC(=O)Nc1ccc(C(F)(F)F)cc1)CS2. The average Bonchev–Trinajstić information content (AvgIpc) is 2.94. The third-order valence-electron chi connectivity index (χ3n) is 3.82. The molecule has 3 rings (SSSR count). The lowest BCUT2D eigenvalue weighted by Gasteiger charge is -2.14. The molecule has 0 bridgehead atoms. The van der Waals surface area contributed by atoms with Gasteiger partial charge < -0.3 is 5.32 Å². The van der Waals surface area contributed by atoms with Crippen molar-refractivity contribution in [3.63, 3.8) is 0 Å². The van der Waals surface area contributed by atoms with Gasteiger partial charge in [0, 0.05) is 29.6 Å². The van der Waals surface area contributed by atoms with Crippen molar-refractivity contribution < 1.29 is 18.0 Å². The van der Waals surface area contributed by atoms with Crippen molar-refractivity contribution in [2.24, 2.45) is 0 Å². The molecule has 0 radical (unpaired) electrons. The molecule has 132 valence electrons. The first kappa shape index (κ1) is 17.5. The maximum atomic E-state index is 12.5. The number of benzene rings is 1. The number of nitrogens with zero attached hydrogens (tertiary/aromatic N) is 2. The molecule has 1 atom stereocenters. The fourth-order valence-corrected chi connectivity index (χ4v) is 3.65. The van der Waals surface area contributed by atoms with Crippen molar-refractivity contribution in [2.45, 2.75) is 30.7 Å². The normalized spacial score (nSPS) is 16.6. The molecule has 0 aliphatic carbocycles. The molecule has 1 N–H and O–H groups in total. The van der Waals surface area contributed by atoms with Crippen molar-refractivity contribution in [3.05, 3.63) is 51.9 Å². The van der Waals surface area contributed by atoms with Gasteiger partial charge >= 0.3 is 6.18 Å². The summed E-state index contributed by atoms with van der Waals surface area (Å²) in [4.78, 5) is 28.6. The number of halogens is 3. The minimum absolute atomic E-state index is 0.0477. The molecule has 1 aromatic heterocycles. The first-order valence-electron chi connectivity index (χ1n) is 7.44. The zero-order valence-corrected chi connectivity index (χ0v) is 13.9. The van der Waals surface area contributed by atoms with E-state index in [2.05, 4.69) is 10.3 Å². The Morgan fingerprint density at radius 3 is 2.68 bits per heavy atom. The number of hydrogen-bond acceptors (Lipinski definition) is 4. The third kappa shape index (κ3) is 3.71. The number of carbonyl (C=O) groups is 1. The predicted octanol–water partition coefficient (Wildman–Crippen LogP) is 3.25. The summed E-state index contributed by atoms with van der Waals surface area (Å²) in [6, 6.07) is 3.91. The number of nitrogens with one attached hydrogen (secondary N) is 1. The minimum Gasteiger partial charge on any atom is -0.326 e. The Balaban J connectivity index is 1.69. The van der Waals surface area contributed by atoms with Crippen LogP contribution in [0, 0.1) is 6.92 Å². The fourth-order valence-electron chi connectivity index (χ4n) is 2.54. The number of rotatable bonds is 3. The van der Waals surface area contributed by atoms with Crippen LogP contribution in [0.15, 0.2) is 40.4 Å². The zero-order valence-electron chi connectivity index (χ0n) is 13.1. The Morgan fingerprint density at radius 2 is 2.04 bits per heavy atom. The minimum atomic E-state index is -4.42. The molecular weight excluding hydrogens is 355 g/mol. The molecule has 1 unspecified atom stereocenters. The molecule has 9 heteroatoms. The zero-order chi connectivity index (χ0) is 18.2. The molecule has 2 aromatic rings. The Labute approximate surface area is 145 Å². The molecule has 0 fully saturated rings. The number of thioether (sulfide) groups is 1. The highest BCUT2D eigenvalue weighted by Gasteiger charge is 2.30. The second kappa shape index (κ2) is 6.55. The van der Waals surface area contributed by atoms with Crippen molar-refractivity contribution in [1.29, 1.82) is 0 Å². The van der Waals surface area contributed by atoms with E-state index in [1.807, 2.05) is 0 Å². The van der Waals surface area contributed by atoms with Gasteiger partial charge in [-0.1, -0.05) is 11.8 Å². The van der Waals surface area contributed by atoms with Crippen molar-refractivity contribution in [2.75, 3.05) is 11.1 Å². The molecule has 5 nitrogen and oxygen atoms in total. The number of alkyl halides is 3. The van der Waals surface area contributed by atoms with E-state index in [1.165, 1.54) is 34.7 Å². The van der Waals surface area contributed by atoms with Gasteiger partial charge in [-0.05, 0) is 31.2 Å². The summed E-state index contributed by atoms with van der Waals surface area (Å²) in [5.74, 6) is 0.179. The van der Waals surface area contributed by atoms with Crippen molar-refractivity contribution >= 4 is 23.4 Å². The summed E-state index contributed by atoms with van der Waals surface area (Å²) in [6.07, 6.45) is -2.86. The van der Waals surface area contributed by atoms with Gasteiger partial charge in [-0.25, -0.2) is 4.98 Å². The van der Waals surface area contributed by atoms with E-state index in [0.717, 1.165) is 12.1 Å². The number of carbonyl (C=O) groups excluding carboxylic acids is 1. The lowest BCUT2D eigenvalue weighted by molar-refractivity contribution is -0.137. The Morgan fingerprint density at radius 1 is 1.36 bits per heavy atom. The highest BCUT2D eigenvalue weighted by Crippen LogP contribution is 2.32. The van der Waals surface area contributed by atoms with Crippen LogP contribution in [0.4, 0.5) is 18.9 Å². The van der Waals surface area contributed by atoms with Crippen LogP contribution in [-0.2, 0) is 11.0 Å². The van der Waals surface area contributed by atoms with E-state index in [0.29, 0.717) is 16.5 Å². The van der Waals surface area contributed by atoms with Crippen LogP contribution in [-0.4, -0.2) is 21.2 Å². The van der Waals surface area contributed by atoms with Gasteiger partial charge in [-0.2, -0.15) is 13.2 Å². The summed E-state index contributed by atoms with van der Waals surface area (Å²) in [5, 5.41) is 3.13. The molecule has 0 saturated carbocycles. The lowest BCUT2D eigenvalue weighted by atomic mass is 10.2. The summed E-state index contributed by atoms with van der Waals surface area (Å²) in [7, 11) is 0. The number of aromatic nitrogens is 2. The van der Waals surface area contributed by atoms with E-state index in [-0.39, 0.29) is 29.6 Å². The fraction of sp³-hybridized carbons (Fsp3) is 0.312. The van der Waals surface area contributed by atoms with Gasteiger partial charge in [0.25, 0.3) is 5.56 Å².